The normalized spacial score (nSPS) is 14.6. The molecule has 0 unspecified atom stereocenters. The lowest BCUT2D eigenvalue weighted by molar-refractivity contribution is 0.0389. The highest BCUT2D eigenvalue weighted by Crippen LogP contribution is 2.30. The average molecular weight is 485 g/mol. The monoisotopic (exact) mass is 484 g/mol. The number of hydrogen-bond donors (Lipinski definition) is 3. The van der Waals surface area contributed by atoms with Crippen LogP contribution in [-0.2, 0) is 14.8 Å². The second-order valence-corrected chi connectivity index (χ2v) is 9.25. The number of halogens is 1. The maximum absolute atomic E-state index is 12.9. The molecule has 1 heterocycles. The Balaban J connectivity index is 1.64. The van der Waals surface area contributed by atoms with Gasteiger partial charge >= 0.3 is 0 Å². The number of morpholine rings is 1. The molecule has 0 radical (unpaired) electrons. The number of thiocarbonyl (C=S) groups is 1. The minimum Gasteiger partial charge on any atom is -0.495 e. The molecule has 1 saturated heterocycles. The molecule has 0 bridgehead atoms. The zero-order valence-electron chi connectivity index (χ0n) is 17.1. The van der Waals surface area contributed by atoms with Crippen LogP contribution in [0, 0.1) is 0 Å². The maximum Gasteiger partial charge on any atom is 0.263 e. The van der Waals surface area contributed by atoms with Crippen LogP contribution in [0.3, 0.4) is 0 Å². The molecule has 0 amide bonds. The molecule has 0 atom stereocenters. The van der Waals surface area contributed by atoms with Gasteiger partial charge < -0.3 is 20.1 Å². The molecular formula is C20H25ClN4O4S2. The summed E-state index contributed by atoms with van der Waals surface area (Å²) in [6.45, 7) is 4.80. The van der Waals surface area contributed by atoms with Crippen molar-refractivity contribution in [2.75, 3.05) is 56.5 Å². The smallest absolute Gasteiger partial charge is 0.263 e. The summed E-state index contributed by atoms with van der Waals surface area (Å²) in [5, 5.41) is 6.63. The number of anilines is 2. The number of hydrogen-bond acceptors (Lipinski definition) is 6. The fraction of sp³-hybridized carbons (Fsp3) is 0.350. The summed E-state index contributed by atoms with van der Waals surface area (Å²) < 4.78 is 38.9. The van der Waals surface area contributed by atoms with Gasteiger partial charge in [-0.1, -0.05) is 23.7 Å². The topological polar surface area (TPSA) is 91.9 Å². The molecule has 1 aliphatic rings. The van der Waals surface area contributed by atoms with Crippen LogP contribution in [0.4, 0.5) is 11.4 Å². The maximum atomic E-state index is 12.9. The summed E-state index contributed by atoms with van der Waals surface area (Å²) in [6.07, 6.45) is 0. The highest BCUT2D eigenvalue weighted by Gasteiger charge is 2.20. The van der Waals surface area contributed by atoms with Gasteiger partial charge in [-0.2, -0.15) is 0 Å². The van der Waals surface area contributed by atoms with Crippen molar-refractivity contribution >= 4 is 50.3 Å². The number of benzene rings is 2. The molecule has 168 valence electrons. The van der Waals surface area contributed by atoms with Crippen LogP contribution >= 0.6 is 23.8 Å². The molecule has 2 aromatic rings. The van der Waals surface area contributed by atoms with Gasteiger partial charge in [0.2, 0.25) is 0 Å². The molecule has 31 heavy (non-hydrogen) atoms. The van der Waals surface area contributed by atoms with E-state index < -0.39 is 10.0 Å². The van der Waals surface area contributed by atoms with Crippen molar-refractivity contribution in [2.45, 2.75) is 4.90 Å². The fourth-order valence-corrected chi connectivity index (χ4v) is 4.86. The van der Waals surface area contributed by atoms with Crippen molar-refractivity contribution in [3.8, 4) is 5.75 Å². The SMILES string of the molecule is COc1ccccc1NS(=O)(=O)c1cc(NC(=S)NCCN2CCOCC2)ccc1Cl. The van der Waals surface area contributed by atoms with Crippen LogP contribution in [0.2, 0.25) is 5.02 Å². The van der Waals surface area contributed by atoms with Crippen molar-refractivity contribution < 1.29 is 17.9 Å². The Morgan fingerprint density at radius 1 is 1.23 bits per heavy atom. The van der Waals surface area contributed by atoms with Gasteiger partial charge in [0.1, 0.15) is 10.6 Å². The Morgan fingerprint density at radius 3 is 2.71 bits per heavy atom. The number of nitrogens with zero attached hydrogens (tertiary/aromatic N) is 1. The van der Waals surface area contributed by atoms with Crippen molar-refractivity contribution in [2.24, 2.45) is 0 Å². The van der Waals surface area contributed by atoms with Crippen LogP contribution < -0.4 is 20.1 Å². The second-order valence-electron chi connectivity index (χ2n) is 6.79. The molecule has 1 aliphatic heterocycles. The van der Waals surface area contributed by atoms with Crippen molar-refractivity contribution in [3.05, 3.63) is 47.5 Å². The van der Waals surface area contributed by atoms with Gasteiger partial charge in [0.15, 0.2) is 5.11 Å². The van der Waals surface area contributed by atoms with E-state index >= 15 is 0 Å². The fourth-order valence-electron chi connectivity index (χ4n) is 3.04. The summed E-state index contributed by atoms with van der Waals surface area (Å²) in [7, 11) is -2.48. The van der Waals surface area contributed by atoms with Crippen molar-refractivity contribution in [1.29, 1.82) is 0 Å². The standard InChI is InChI=1S/C20H25ClN4O4S2/c1-28-18-5-3-2-4-17(18)24-31(26,27)19-14-15(6-7-16(19)21)23-20(30)22-8-9-25-10-12-29-13-11-25/h2-7,14,24H,8-13H2,1H3,(H2,22,23,30). The zero-order valence-corrected chi connectivity index (χ0v) is 19.4. The summed E-state index contributed by atoms with van der Waals surface area (Å²) >= 11 is 11.5. The predicted molar refractivity (Wildman–Crippen MR) is 127 cm³/mol. The number of para-hydroxylation sites is 2. The van der Waals surface area contributed by atoms with Crippen LogP contribution in [0.5, 0.6) is 5.75 Å². The molecule has 0 saturated carbocycles. The van der Waals surface area contributed by atoms with E-state index in [-0.39, 0.29) is 9.92 Å². The van der Waals surface area contributed by atoms with Crippen molar-refractivity contribution in [1.82, 2.24) is 10.2 Å². The Bertz CT molecular complexity index is 1010. The first-order valence-corrected chi connectivity index (χ1v) is 12.0. The first kappa shape index (κ1) is 23.6. The Morgan fingerprint density at radius 2 is 1.97 bits per heavy atom. The number of sulfonamides is 1. The Hall–Kier alpha value is -2.11. The van der Waals surface area contributed by atoms with Gasteiger partial charge in [-0.15, -0.1) is 0 Å². The minimum atomic E-state index is -3.95. The van der Waals surface area contributed by atoms with E-state index in [4.69, 9.17) is 33.3 Å². The van der Waals surface area contributed by atoms with Gasteiger partial charge in [0.25, 0.3) is 10.0 Å². The Labute approximate surface area is 192 Å². The highest BCUT2D eigenvalue weighted by atomic mass is 35.5. The van der Waals surface area contributed by atoms with Gasteiger partial charge in [-0.05, 0) is 42.5 Å². The van der Waals surface area contributed by atoms with Crippen LogP contribution in [0.15, 0.2) is 47.4 Å². The van der Waals surface area contributed by atoms with E-state index in [1.165, 1.54) is 19.2 Å². The summed E-state index contributed by atoms with van der Waals surface area (Å²) in [4.78, 5) is 2.22. The third kappa shape index (κ3) is 6.68. The van der Waals surface area contributed by atoms with Crippen LogP contribution in [0.1, 0.15) is 0 Å². The molecule has 3 rings (SSSR count). The predicted octanol–water partition coefficient (Wildman–Crippen LogP) is 2.77. The molecule has 0 spiro atoms. The summed E-state index contributed by atoms with van der Waals surface area (Å²) in [6, 6.07) is 11.4. The third-order valence-corrected chi connectivity index (χ3v) is 6.74. The summed E-state index contributed by atoms with van der Waals surface area (Å²) in [5.74, 6) is 0.405. The van der Waals surface area contributed by atoms with E-state index in [9.17, 15) is 8.42 Å². The van der Waals surface area contributed by atoms with Crippen LogP contribution in [-0.4, -0.2) is 64.9 Å². The molecule has 3 N–H and O–H groups in total. The highest BCUT2D eigenvalue weighted by molar-refractivity contribution is 7.92. The van der Waals surface area contributed by atoms with Crippen molar-refractivity contribution in [3.63, 3.8) is 0 Å². The average Bonchev–Trinajstić information content (AvgIpc) is 2.76. The second kappa shape index (κ2) is 11.0. The quantitative estimate of drug-likeness (QED) is 0.493. The van der Waals surface area contributed by atoms with Crippen LogP contribution in [0.25, 0.3) is 0 Å². The first-order valence-electron chi connectivity index (χ1n) is 9.69. The number of nitrogens with one attached hydrogen (secondary N) is 3. The van der Waals surface area contributed by atoms with E-state index in [0.29, 0.717) is 28.8 Å². The van der Waals surface area contributed by atoms with E-state index in [2.05, 4.69) is 20.3 Å². The molecule has 0 aliphatic carbocycles. The number of rotatable bonds is 8. The molecule has 11 heteroatoms. The minimum absolute atomic E-state index is 0.0683. The van der Waals surface area contributed by atoms with Gasteiger partial charge in [-0.25, -0.2) is 8.42 Å². The van der Waals surface area contributed by atoms with Gasteiger partial charge in [0, 0.05) is 31.9 Å². The molecule has 0 aromatic heterocycles. The summed E-state index contributed by atoms with van der Waals surface area (Å²) in [5.41, 5.74) is 0.827. The Kier molecular flexibility index (Phi) is 8.33. The van der Waals surface area contributed by atoms with Gasteiger partial charge in [0.05, 0.1) is 31.0 Å². The first-order chi connectivity index (χ1) is 14.9. The zero-order chi connectivity index (χ0) is 22.3. The van der Waals surface area contributed by atoms with E-state index in [0.717, 1.165) is 32.8 Å². The molecular weight excluding hydrogens is 460 g/mol. The lowest BCUT2D eigenvalue weighted by atomic mass is 10.3. The molecule has 2 aromatic carbocycles. The number of methoxy groups -OCH3 is 1. The number of ether oxygens (including phenoxy) is 2. The molecule has 1 fully saturated rings. The molecule has 8 nitrogen and oxygen atoms in total. The third-order valence-electron chi connectivity index (χ3n) is 4.65. The van der Waals surface area contributed by atoms with E-state index in [1.807, 2.05) is 0 Å². The van der Waals surface area contributed by atoms with E-state index in [1.54, 1.807) is 30.3 Å². The van der Waals surface area contributed by atoms with Gasteiger partial charge in [-0.3, -0.25) is 9.62 Å². The largest absolute Gasteiger partial charge is 0.495 e. The lowest BCUT2D eigenvalue weighted by Crippen LogP contribution is -2.42. The lowest BCUT2D eigenvalue weighted by Gasteiger charge is -2.26.